The number of aliphatic carboxylic acids is 2. The number of amides is 2. The highest BCUT2D eigenvalue weighted by Gasteiger charge is 2.54. The van der Waals surface area contributed by atoms with Crippen molar-refractivity contribution in [1.82, 2.24) is 15.2 Å². The number of hydrogen-bond donors (Lipinski definition) is 4. The highest BCUT2D eigenvalue weighted by Crippen LogP contribution is 2.40. The molecule has 14 nitrogen and oxygen atoms in total. The van der Waals surface area contributed by atoms with Crippen molar-refractivity contribution in [1.29, 1.82) is 0 Å². The molecule has 0 radical (unpaired) electrons. The maximum atomic E-state index is 12.9. The third-order valence-corrected chi connectivity index (χ3v) is 6.63. The number of carbonyl (C=O) groups is 5. The molecule has 3 atom stereocenters. The van der Waals surface area contributed by atoms with E-state index in [2.05, 4.69) is 15.5 Å². The Kier molecular flexibility index (Phi) is 9.06. The lowest BCUT2D eigenvalue weighted by atomic mass is 10.0. The van der Waals surface area contributed by atoms with Crippen LogP contribution >= 0.6 is 35.5 Å². The number of β-lactam (4-membered cyclic amide) rings is 1. The van der Waals surface area contributed by atoms with Crippen molar-refractivity contribution in [3.05, 3.63) is 22.3 Å². The second-order valence-corrected chi connectivity index (χ2v) is 8.99. The van der Waals surface area contributed by atoms with Gasteiger partial charge in [-0.25, -0.2) is 14.6 Å². The summed E-state index contributed by atoms with van der Waals surface area (Å²) in [5.41, 5.74) is 5.14. The number of esters is 1. The fraction of sp³-hybridized carbons (Fsp3) is 0.389. The van der Waals surface area contributed by atoms with Gasteiger partial charge in [0.05, 0.1) is 0 Å². The number of nitrogens with one attached hydrogen (secondary N) is 1. The number of halogens is 1. The minimum atomic E-state index is -1.37. The first kappa shape index (κ1) is 27.9. The number of ether oxygens (including phenoxy) is 1. The Bertz CT molecular complexity index is 1120. The van der Waals surface area contributed by atoms with Gasteiger partial charge in [0.1, 0.15) is 29.4 Å². The predicted octanol–water partition coefficient (Wildman–Crippen LogP) is -0.357. The molecule has 5 N–H and O–H groups in total. The molecule has 17 heteroatoms. The van der Waals surface area contributed by atoms with Crippen LogP contribution in [-0.4, -0.2) is 85.4 Å². The SMILES string of the molecule is CC(=O)OCC1=C(C(=O)O)N2C(=O)C(NC(=O)/C(=N\O[C@@H](C)C(=O)O)c3csc(N)n3)[C@H]2SC1.Cl. The van der Waals surface area contributed by atoms with Gasteiger partial charge >= 0.3 is 17.9 Å². The van der Waals surface area contributed by atoms with Gasteiger partial charge in [0.15, 0.2) is 10.8 Å². The number of fused-ring (bicyclic) bond motifs is 1. The average molecular weight is 550 g/mol. The number of nitrogens with two attached hydrogens (primary N) is 1. The molecule has 0 spiro atoms. The van der Waals surface area contributed by atoms with E-state index < -0.39 is 53.0 Å². The molecule has 35 heavy (non-hydrogen) atoms. The number of nitrogen functional groups attached to an aromatic ring is 1. The summed E-state index contributed by atoms with van der Waals surface area (Å²) in [6.45, 7) is 2.10. The van der Waals surface area contributed by atoms with Gasteiger partial charge in [0.25, 0.3) is 11.8 Å². The predicted molar refractivity (Wildman–Crippen MR) is 125 cm³/mol. The summed E-state index contributed by atoms with van der Waals surface area (Å²) >= 11 is 2.18. The maximum Gasteiger partial charge on any atom is 0.352 e. The van der Waals surface area contributed by atoms with Gasteiger partial charge in [-0.15, -0.1) is 35.5 Å². The molecule has 2 amide bonds. The molecule has 1 saturated heterocycles. The molecule has 0 aromatic carbocycles. The fourth-order valence-corrected chi connectivity index (χ4v) is 4.85. The lowest BCUT2D eigenvalue weighted by molar-refractivity contribution is -0.150. The summed E-state index contributed by atoms with van der Waals surface area (Å²) in [6, 6.07) is -1.10. The third kappa shape index (κ3) is 6.01. The fourth-order valence-electron chi connectivity index (χ4n) is 2.97. The third-order valence-electron chi connectivity index (χ3n) is 4.62. The normalized spacial score (nSPS) is 20.1. The number of nitrogens with zero attached hydrogens (tertiary/aromatic N) is 3. The molecule has 1 aromatic heterocycles. The van der Waals surface area contributed by atoms with Gasteiger partial charge in [-0.05, 0) is 6.92 Å². The van der Waals surface area contributed by atoms with E-state index in [1.165, 1.54) is 31.0 Å². The van der Waals surface area contributed by atoms with E-state index in [0.29, 0.717) is 0 Å². The van der Waals surface area contributed by atoms with Gasteiger partial charge in [0.2, 0.25) is 6.10 Å². The number of rotatable bonds is 9. The van der Waals surface area contributed by atoms with Crippen LogP contribution in [0.4, 0.5) is 5.13 Å². The zero-order valence-electron chi connectivity index (χ0n) is 18.1. The Morgan fingerprint density at radius 2 is 2.06 bits per heavy atom. The van der Waals surface area contributed by atoms with Gasteiger partial charge in [-0.2, -0.15) is 0 Å². The Hall–Kier alpha value is -3.37. The van der Waals surface area contributed by atoms with Crippen molar-refractivity contribution in [2.75, 3.05) is 18.1 Å². The molecule has 0 aliphatic carbocycles. The quantitative estimate of drug-likeness (QED) is 0.135. The van der Waals surface area contributed by atoms with Crippen LogP contribution in [0.3, 0.4) is 0 Å². The number of carbonyl (C=O) groups excluding carboxylic acids is 3. The summed E-state index contributed by atoms with van der Waals surface area (Å²) in [5.74, 6) is -4.73. The zero-order valence-corrected chi connectivity index (χ0v) is 20.6. The molecule has 0 saturated carbocycles. The summed E-state index contributed by atoms with van der Waals surface area (Å²) < 4.78 is 4.87. The molecular weight excluding hydrogens is 530 g/mol. The van der Waals surface area contributed by atoms with Crippen LogP contribution in [-0.2, 0) is 33.5 Å². The molecule has 190 valence electrons. The molecule has 3 heterocycles. The van der Waals surface area contributed by atoms with Crippen molar-refractivity contribution in [2.24, 2.45) is 5.16 Å². The van der Waals surface area contributed by atoms with Crippen LogP contribution in [0, 0.1) is 0 Å². The van der Waals surface area contributed by atoms with Crippen LogP contribution in [0.25, 0.3) is 0 Å². The molecule has 1 aromatic rings. The molecular formula is C18H20ClN5O9S2. The lowest BCUT2D eigenvalue weighted by Crippen LogP contribution is -2.71. The van der Waals surface area contributed by atoms with Crippen LogP contribution in [0.15, 0.2) is 21.8 Å². The van der Waals surface area contributed by atoms with Gasteiger partial charge in [-0.3, -0.25) is 19.3 Å². The number of aromatic nitrogens is 1. The number of thioether (sulfide) groups is 1. The molecule has 1 fully saturated rings. The molecule has 0 bridgehead atoms. The van der Waals surface area contributed by atoms with E-state index >= 15 is 0 Å². The van der Waals surface area contributed by atoms with Crippen LogP contribution in [0.1, 0.15) is 19.5 Å². The van der Waals surface area contributed by atoms with Crippen molar-refractivity contribution in [3.63, 3.8) is 0 Å². The number of anilines is 1. The van der Waals surface area contributed by atoms with Crippen LogP contribution < -0.4 is 11.1 Å². The smallest absolute Gasteiger partial charge is 0.352 e. The summed E-state index contributed by atoms with van der Waals surface area (Å²) in [5, 5.41) is 25.4. The number of thiazole rings is 1. The molecule has 1 unspecified atom stereocenters. The first-order valence-corrected chi connectivity index (χ1v) is 11.5. The molecule has 2 aliphatic heterocycles. The molecule has 2 aliphatic rings. The number of carboxylic acids is 2. The Balaban J connectivity index is 0.00000432. The Morgan fingerprint density at radius 1 is 1.37 bits per heavy atom. The first-order chi connectivity index (χ1) is 16.0. The van der Waals surface area contributed by atoms with E-state index in [9.17, 15) is 29.1 Å². The highest BCUT2D eigenvalue weighted by molar-refractivity contribution is 8.00. The summed E-state index contributed by atoms with van der Waals surface area (Å²) in [7, 11) is 0. The van der Waals surface area contributed by atoms with Crippen molar-refractivity contribution >= 4 is 76.1 Å². The highest BCUT2D eigenvalue weighted by atomic mass is 35.5. The topological polar surface area (TPSA) is 211 Å². The van der Waals surface area contributed by atoms with E-state index in [0.717, 1.165) is 16.2 Å². The first-order valence-electron chi connectivity index (χ1n) is 9.53. The average Bonchev–Trinajstić information content (AvgIpc) is 3.20. The second-order valence-electron chi connectivity index (χ2n) is 7.00. The number of hydrogen-bond acceptors (Lipinski definition) is 12. The van der Waals surface area contributed by atoms with Crippen molar-refractivity contribution in [2.45, 2.75) is 31.4 Å². The Labute approximate surface area is 211 Å². The van der Waals surface area contributed by atoms with E-state index in [1.807, 2.05) is 0 Å². The van der Waals surface area contributed by atoms with E-state index in [4.69, 9.17) is 20.4 Å². The van der Waals surface area contributed by atoms with Gasteiger partial charge < -0.3 is 30.8 Å². The maximum absolute atomic E-state index is 12.9. The van der Waals surface area contributed by atoms with Crippen molar-refractivity contribution < 1.29 is 43.8 Å². The standard InChI is InChI=1S/C18H19N5O9S2.ClH/c1-6(16(27)28)32-22-10(9-5-34-18(19)20-9)13(25)21-11-14(26)23-12(17(29)30)8(3-31-7(2)24)4-33-15(11)23;/h5-6,11,15H,3-4H2,1-2H3,(H2,19,20)(H,21,25)(H,27,28)(H,29,30);1H/b22-10-;/t6-,11?,15+;/m0./s1. The number of oxime groups is 1. The van der Waals surface area contributed by atoms with Crippen LogP contribution in [0.2, 0.25) is 0 Å². The second kappa shape index (κ2) is 11.4. The van der Waals surface area contributed by atoms with Crippen molar-refractivity contribution in [3.8, 4) is 0 Å². The zero-order chi connectivity index (χ0) is 25.2. The molecule has 3 rings (SSSR count). The van der Waals surface area contributed by atoms with E-state index in [1.54, 1.807) is 0 Å². The summed E-state index contributed by atoms with van der Waals surface area (Å²) in [6.07, 6.45) is -1.37. The lowest BCUT2D eigenvalue weighted by Gasteiger charge is -2.49. The van der Waals surface area contributed by atoms with E-state index in [-0.39, 0.29) is 46.9 Å². The largest absolute Gasteiger partial charge is 0.478 e. The van der Waals surface area contributed by atoms with Gasteiger partial charge in [0, 0.05) is 23.6 Å². The summed E-state index contributed by atoms with van der Waals surface area (Å²) in [4.78, 5) is 69.3. The Morgan fingerprint density at radius 3 is 2.60 bits per heavy atom. The van der Waals surface area contributed by atoms with Crippen LogP contribution in [0.5, 0.6) is 0 Å². The van der Waals surface area contributed by atoms with Gasteiger partial charge in [-0.1, -0.05) is 5.16 Å². The minimum Gasteiger partial charge on any atom is -0.478 e. The monoisotopic (exact) mass is 549 g/mol. The minimum absolute atomic E-state index is 0. The number of carboxylic acid groups (broad SMARTS) is 2.